The molecule has 2 aromatic rings. The summed E-state index contributed by atoms with van der Waals surface area (Å²) in [6.07, 6.45) is 4.93. The molecular formula is C11H14N4S. The molecule has 0 saturated carbocycles. The Kier molecular flexibility index (Phi) is 2.49. The topological polar surface area (TPSA) is 34.0 Å². The van der Waals surface area contributed by atoms with E-state index in [1.54, 1.807) is 11.3 Å². The molecule has 0 fully saturated rings. The van der Waals surface area contributed by atoms with E-state index in [1.165, 1.54) is 10.6 Å². The van der Waals surface area contributed by atoms with Gasteiger partial charge in [0.2, 0.25) is 0 Å². The van der Waals surface area contributed by atoms with Crippen molar-refractivity contribution in [3.63, 3.8) is 0 Å². The van der Waals surface area contributed by atoms with Crippen molar-refractivity contribution in [1.29, 1.82) is 0 Å². The molecule has 0 radical (unpaired) electrons. The Morgan fingerprint density at radius 1 is 1.44 bits per heavy atom. The number of thiazole rings is 1. The Balaban J connectivity index is 1.73. The van der Waals surface area contributed by atoms with Crippen molar-refractivity contribution in [2.45, 2.75) is 19.5 Å². The van der Waals surface area contributed by atoms with Crippen LogP contribution in [0.4, 0.5) is 0 Å². The second-order valence-corrected chi connectivity index (χ2v) is 5.08. The Labute approximate surface area is 98.6 Å². The van der Waals surface area contributed by atoms with E-state index in [0.717, 1.165) is 31.9 Å². The Bertz CT molecular complexity index is 488. The van der Waals surface area contributed by atoms with Gasteiger partial charge in [0, 0.05) is 43.8 Å². The number of hydrogen-bond donors (Lipinski definition) is 0. The van der Waals surface area contributed by atoms with Gasteiger partial charge in [-0.05, 0) is 0 Å². The number of aromatic nitrogens is 3. The van der Waals surface area contributed by atoms with Crippen molar-refractivity contribution in [3.05, 3.63) is 34.3 Å². The van der Waals surface area contributed by atoms with Crippen LogP contribution in [0.5, 0.6) is 0 Å². The summed E-state index contributed by atoms with van der Waals surface area (Å²) in [7, 11) is 2.05. The lowest BCUT2D eigenvalue weighted by atomic mass is 10.2. The van der Waals surface area contributed by atoms with E-state index in [1.807, 2.05) is 25.0 Å². The van der Waals surface area contributed by atoms with E-state index in [4.69, 9.17) is 0 Å². The first-order valence-electron chi connectivity index (χ1n) is 5.43. The van der Waals surface area contributed by atoms with Crippen molar-refractivity contribution < 1.29 is 0 Å². The van der Waals surface area contributed by atoms with E-state index < -0.39 is 0 Å². The van der Waals surface area contributed by atoms with Crippen LogP contribution in [0.2, 0.25) is 0 Å². The fraction of sp³-hybridized carbons (Fsp3) is 0.455. The maximum Gasteiger partial charge on any atom is 0.122 e. The molecule has 3 rings (SSSR count). The predicted molar refractivity (Wildman–Crippen MR) is 63.1 cm³/mol. The zero-order valence-corrected chi connectivity index (χ0v) is 10.1. The average Bonchev–Trinajstić information content (AvgIpc) is 2.88. The van der Waals surface area contributed by atoms with Gasteiger partial charge in [0.25, 0.3) is 0 Å². The van der Waals surface area contributed by atoms with Crippen LogP contribution in [0.3, 0.4) is 0 Å². The lowest BCUT2D eigenvalue weighted by Crippen LogP contribution is -2.30. The molecule has 0 atom stereocenters. The molecule has 2 aromatic heterocycles. The molecule has 16 heavy (non-hydrogen) atoms. The number of hydrogen-bond acceptors (Lipinski definition) is 4. The van der Waals surface area contributed by atoms with Crippen molar-refractivity contribution in [2.24, 2.45) is 7.05 Å². The van der Waals surface area contributed by atoms with E-state index in [9.17, 15) is 0 Å². The summed E-state index contributed by atoms with van der Waals surface area (Å²) in [5.41, 5.74) is 3.25. The maximum absolute atomic E-state index is 4.38. The van der Waals surface area contributed by atoms with Crippen molar-refractivity contribution >= 4 is 11.3 Å². The van der Waals surface area contributed by atoms with Crippen LogP contribution in [0.1, 0.15) is 16.4 Å². The molecule has 0 spiro atoms. The van der Waals surface area contributed by atoms with Gasteiger partial charge in [-0.25, -0.2) is 9.97 Å². The minimum Gasteiger partial charge on any atom is -0.337 e. The van der Waals surface area contributed by atoms with Crippen LogP contribution in [0.25, 0.3) is 0 Å². The molecule has 0 bridgehead atoms. The van der Waals surface area contributed by atoms with Crippen molar-refractivity contribution in [1.82, 2.24) is 19.4 Å². The number of fused-ring (bicyclic) bond motifs is 1. The highest BCUT2D eigenvalue weighted by Gasteiger charge is 2.19. The Morgan fingerprint density at radius 3 is 3.19 bits per heavy atom. The third-order valence-corrected chi connectivity index (χ3v) is 3.90. The summed E-state index contributed by atoms with van der Waals surface area (Å²) in [5.74, 6) is 1.13. The van der Waals surface area contributed by atoms with Crippen LogP contribution in [-0.4, -0.2) is 26.0 Å². The quantitative estimate of drug-likeness (QED) is 0.788. The maximum atomic E-state index is 4.38. The first-order valence-corrected chi connectivity index (χ1v) is 6.30. The summed E-state index contributed by atoms with van der Waals surface area (Å²) in [6.45, 7) is 3.04. The summed E-state index contributed by atoms with van der Waals surface area (Å²) < 4.78 is 2.09. The molecule has 0 saturated heterocycles. The average molecular weight is 234 g/mol. The Hall–Kier alpha value is -1.20. The van der Waals surface area contributed by atoms with Gasteiger partial charge >= 0.3 is 0 Å². The molecule has 0 unspecified atom stereocenters. The van der Waals surface area contributed by atoms with Gasteiger partial charge in [-0.2, -0.15) is 0 Å². The summed E-state index contributed by atoms with van der Waals surface area (Å²) in [4.78, 5) is 12.6. The summed E-state index contributed by atoms with van der Waals surface area (Å²) in [6, 6.07) is 0. The van der Waals surface area contributed by atoms with Gasteiger partial charge in [-0.1, -0.05) is 0 Å². The molecule has 4 nitrogen and oxygen atoms in total. The van der Waals surface area contributed by atoms with Gasteiger partial charge in [-0.15, -0.1) is 11.3 Å². The molecule has 0 aromatic carbocycles. The van der Waals surface area contributed by atoms with Gasteiger partial charge < -0.3 is 4.57 Å². The zero-order chi connectivity index (χ0) is 11.0. The highest BCUT2D eigenvalue weighted by Crippen LogP contribution is 2.22. The second-order valence-electron chi connectivity index (χ2n) is 4.14. The largest absolute Gasteiger partial charge is 0.337 e. The number of aryl methyl sites for hydroxylation is 1. The fourth-order valence-electron chi connectivity index (χ4n) is 2.06. The minimum atomic E-state index is 0.931. The minimum absolute atomic E-state index is 0.931. The summed E-state index contributed by atoms with van der Waals surface area (Å²) in [5, 5.41) is 0. The van der Waals surface area contributed by atoms with Crippen LogP contribution in [-0.2, 0) is 26.6 Å². The standard InChI is InChI=1S/C11H14N4S/c1-14-5-3-12-11(14)7-15-4-2-9-10(6-15)16-8-13-9/h3,5,8H,2,4,6-7H2,1H3. The van der Waals surface area contributed by atoms with Crippen LogP contribution < -0.4 is 0 Å². The predicted octanol–water partition coefficient (Wildman–Crippen LogP) is 1.43. The van der Waals surface area contributed by atoms with Gasteiger partial charge in [0.15, 0.2) is 0 Å². The third kappa shape index (κ3) is 1.76. The lowest BCUT2D eigenvalue weighted by molar-refractivity contribution is 0.238. The number of rotatable bonds is 2. The normalized spacial score (nSPS) is 16.3. The van der Waals surface area contributed by atoms with E-state index in [-0.39, 0.29) is 0 Å². The Morgan fingerprint density at radius 2 is 2.38 bits per heavy atom. The second kappa shape index (κ2) is 3.99. The number of nitrogens with zero attached hydrogens (tertiary/aromatic N) is 4. The zero-order valence-electron chi connectivity index (χ0n) is 9.26. The van der Waals surface area contributed by atoms with E-state index in [2.05, 4.69) is 19.4 Å². The summed E-state index contributed by atoms with van der Waals surface area (Å²) >= 11 is 1.77. The smallest absolute Gasteiger partial charge is 0.122 e. The molecule has 0 N–H and O–H groups in total. The highest BCUT2D eigenvalue weighted by molar-refractivity contribution is 7.09. The van der Waals surface area contributed by atoms with Crippen molar-refractivity contribution in [2.75, 3.05) is 6.54 Å². The lowest BCUT2D eigenvalue weighted by Gasteiger charge is -2.25. The van der Waals surface area contributed by atoms with Crippen LogP contribution in [0.15, 0.2) is 17.9 Å². The number of imidazole rings is 1. The van der Waals surface area contributed by atoms with E-state index in [0.29, 0.717) is 0 Å². The van der Waals surface area contributed by atoms with Gasteiger partial charge in [0.1, 0.15) is 5.82 Å². The molecule has 84 valence electrons. The molecule has 3 heterocycles. The molecule has 0 aliphatic carbocycles. The van der Waals surface area contributed by atoms with Crippen molar-refractivity contribution in [3.8, 4) is 0 Å². The van der Waals surface area contributed by atoms with Gasteiger partial charge in [-0.3, -0.25) is 4.90 Å². The van der Waals surface area contributed by atoms with Crippen LogP contribution >= 0.6 is 11.3 Å². The van der Waals surface area contributed by atoms with Crippen LogP contribution in [0, 0.1) is 0 Å². The molecular weight excluding hydrogens is 220 g/mol. The monoisotopic (exact) mass is 234 g/mol. The molecule has 5 heteroatoms. The van der Waals surface area contributed by atoms with Gasteiger partial charge in [0.05, 0.1) is 17.7 Å². The molecule has 1 aliphatic heterocycles. The fourth-order valence-corrected chi connectivity index (χ4v) is 2.91. The SMILES string of the molecule is Cn1ccnc1CN1CCc2ncsc2C1. The molecule has 1 aliphatic rings. The third-order valence-electron chi connectivity index (χ3n) is 3.04. The molecule has 0 amide bonds. The first kappa shape index (κ1) is 9.99. The van der Waals surface area contributed by atoms with E-state index >= 15 is 0 Å². The first-order chi connectivity index (χ1) is 7.83. The highest BCUT2D eigenvalue weighted by atomic mass is 32.1.